The lowest BCUT2D eigenvalue weighted by Gasteiger charge is -2.24. The fourth-order valence-electron chi connectivity index (χ4n) is 2.15. The molecule has 0 bridgehead atoms. The zero-order valence-electron chi connectivity index (χ0n) is 11.2. The summed E-state index contributed by atoms with van der Waals surface area (Å²) in [5.74, 6) is 1.23. The van der Waals surface area contributed by atoms with Crippen LogP contribution in [0.1, 0.15) is 6.92 Å². The van der Waals surface area contributed by atoms with Crippen LogP contribution in [0.2, 0.25) is 0 Å². The van der Waals surface area contributed by atoms with Crippen LogP contribution in [0.4, 0.5) is 0 Å². The number of aliphatic hydroxyl groups is 2. The summed E-state index contributed by atoms with van der Waals surface area (Å²) in [5, 5.41) is 25.6. The molecule has 0 spiro atoms. The third-order valence-electron chi connectivity index (χ3n) is 3.18. The van der Waals surface area contributed by atoms with Gasteiger partial charge in [-0.15, -0.1) is 0 Å². The molecule has 0 saturated carbocycles. The van der Waals surface area contributed by atoms with E-state index in [9.17, 15) is 5.11 Å². The number of amidine groups is 2. The lowest BCUT2D eigenvalue weighted by Crippen LogP contribution is -2.46. The monoisotopic (exact) mass is 270 g/mol. The predicted octanol–water partition coefficient (Wildman–Crippen LogP) is -1.64. The van der Waals surface area contributed by atoms with Crippen LogP contribution >= 0.6 is 0 Å². The van der Waals surface area contributed by atoms with E-state index in [4.69, 9.17) is 9.84 Å². The maximum atomic E-state index is 10.3. The summed E-state index contributed by atoms with van der Waals surface area (Å²) in [4.78, 5) is 8.74. The molecule has 0 fully saturated rings. The molecule has 2 heterocycles. The van der Waals surface area contributed by atoms with Gasteiger partial charge in [-0.2, -0.15) is 0 Å². The maximum absolute atomic E-state index is 10.3. The Bertz CT molecular complexity index is 335. The van der Waals surface area contributed by atoms with Gasteiger partial charge in [-0.25, -0.2) is 0 Å². The minimum Gasteiger partial charge on any atom is -0.394 e. The normalized spacial score (nSPS) is 21.7. The summed E-state index contributed by atoms with van der Waals surface area (Å²) in [7, 11) is 0. The molecule has 0 saturated heterocycles. The van der Waals surface area contributed by atoms with Crippen molar-refractivity contribution in [3.05, 3.63) is 0 Å². The molecule has 2 rings (SSSR count). The minimum atomic E-state index is -0.734. The van der Waals surface area contributed by atoms with Gasteiger partial charge >= 0.3 is 0 Å². The van der Waals surface area contributed by atoms with Gasteiger partial charge in [0.25, 0.3) is 0 Å². The van der Waals surface area contributed by atoms with Crippen LogP contribution in [-0.2, 0) is 4.74 Å². The van der Waals surface area contributed by atoms with Gasteiger partial charge < -0.3 is 25.6 Å². The fraction of sp³-hybridized carbons (Fsp3) is 0.833. The van der Waals surface area contributed by atoms with Crippen molar-refractivity contribution in [3.63, 3.8) is 0 Å². The Kier molecular flexibility index (Phi) is 5.12. The average Bonchev–Trinajstić information content (AvgIpc) is 3.09. The Labute approximate surface area is 112 Å². The standard InChI is InChI=1S/C12H22N4O3/c1-8(6-17)19-7-9(18)10(11-13-2-3-14-11)12-15-4-5-16-12/h8-10,17-18H,2-7H2,1H3,(H,13,14)(H,15,16). The van der Waals surface area contributed by atoms with Crippen LogP contribution in [0.15, 0.2) is 9.98 Å². The van der Waals surface area contributed by atoms with E-state index in [0.29, 0.717) is 0 Å². The molecule has 0 aliphatic carbocycles. The number of hydrogen-bond donors (Lipinski definition) is 4. The van der Waals surface area contributed by atoms with Crippen LogP contribution < -0.4 is 10.6 Å². The van der Waals surface area contributed by atoms with E-state index in [1.165, 1.54) is 0 Å². The smallest absolute Gasteiger partial charge is 0.110 e. The summed E-state index contributed by atoms with van der Waals surface area (Å²) in [6.07, 6.45) is -1.02. The molecule has 7 heteroatoms. The third kappa shape index (κ3) is 3.65. The van der Waals surface area contributed by atoms with E-state index in [0.717, 1.165) is 37.9 Å². The highest BCUT2D eigenvalue weighted by atomic mass is 16.5. The zero-order chi connectivity index (χ0) is 13.7. The number of aliphatic hydroxyl groups excluding tert-OH is 2. The highest BCUT2D eigenvalue weighted by Gasteiger charge is 2.32. The lowest BCUT2D eigenvalue weighted by molar-refractivity contribution is -0.0270. The fourth-order valence-corrected chi connectivity index (χ4v) is 2.15. The molecule has 2 aliphatic rings. The van der Waals surface area contributed by atoms with Crippen molar-refractivity contribution in [2.45, 2.75) is 19.1 Å². The second-order valence-corrected chi connectivity index (χ2v) is 4.76. The lowest BCUT2D eigenvalue weighted by atomic mass is 10.00. The molecule has 108 valence electrons. The van der Waals surface area contributed by atoms with Crippen molar-refractivity contribution in [1.82, 2.24) is 10.6 Å². The molecule has 4 N–H and O–H groups in total. The average molecular weight is 270 g/mol. The molecule has 0 aromatic heterocycles. The van der Waals surface area contributed by atoms with Gasteiger partial charge in [0.2, 0.25) is 0 Å². The van der Waals surface area contributed by atoms with Crippen LogP contribution in [0.3, 0.4) is 0 Å². The van der Waals surface area contributed by atoms with E-state index >= 15 is 0 Å². The van der Waals surface area contributed by atoms with E-state index in [1.54, 1.807) is 6.92 Å². The van der Waals surface area contributed by atoms with Gasteiger partial charge in [-0.05, 0) is 6.92 Å². The minimum absolute atomic E-state index is 0.0597. The summed E-state index contributed by atoms with van der Waals surface area (Å²) in [5.41, 5.74) is 0. The van der Waals surface area contributed by atoms with Gasteiger partial charge in [0, 0.05) is 13.1 Å². The van der Waals surface area contributed by atoms with Crippen molar-refractivity contribution in [3.8, 4) is 0 Å². The molecular weight excluding hydrogens is 248 g/mol. The van der Waals surface area contributed by atoms with E-state index in [-0.39, 0.29) is 25.2 Å². The van der Waals surface area contributed by atoms with Gasteiger partial charge in [0.1, 0.15) is 17.6 Å². The zero-order valence-corrected chi connectivity index (χ0v) is 11.2. The molecule has 19 heavy (non-hydrogen) atoms. The third-order valence-corrected chi connectivity index (χ3v) is 3.18. The molecule has 2 atom stereocenters. The molecule has 0 aromatic rings. The predicted molar refractivity (Wildman–Crippen MR) is 72.6 cm³/mol. The Morgan fingerprint density at radius 3 is 2.21 bits per heavy atom. The number of nitrogens with one attached hydrogen (secondary N) is 2. The Morgan fingerprint density at radius 2 is 1.79 bits per heavy atom. The molecule has 2 unspecified atom stereocenters. The van der Waals surface area contributed by atoms with E-state index < -0.39 is 6.10 Å². The largest absolute Gasteiger partial charge is 0.394 e. The first-order chi connectivity index (χ1) is 9.22. The molecule has 0 aromatic carbocycles. The second kappa shape index (κ2) is 6.83. The molecular formula is C12H22N4O3. The quantitative estimate of drug-likeness (QED) is 0.445. The topological polar surface area (TPSA) is 98.5 Å². The summed E-state index contributed by atoms with van der Waals surface area (Å²) >= 11 is 0. The first-order valence-corrected chi connectivity index (χ1v) is 6.69. The highest BCUT2D eigenvalue weighted by Crippen LogP contribution is 2.13. The Morgan fingerprint density at radius 1 is 1.21 bits per heavy atom. The van der Waals surface area contributed by atoms with Crippen molar-refractivity contribution in [1.29, 1.82) is 0 Å². The summed E-state index contributed by atoms with van der Waals surface area (Å²) in [6.45, 7) is 4.88. The number of hydrogen-bond acceptors (Lipinski definition) is 7. The molecule has 7 nitrogen and oxygen atoms in total. The van der Waals surface area contributed by atoms with Crippen LogP contribution in [0.5, 0.6) is 0 Å². The van der Waals surface area contributed by atoms with Gasteiger partial charge in [0.05, 0.1) is 38.5 Å². The van der Waals surface area contributed by atoms with Crippen LogP contribution in [0.25, 0.3) is 0 Å². The van der Waals surface area contributed by atoms with Gasteiger partial charge in [-0.3, -0.25) is 9.98 Å². The van der Waals surface area contributed by atoms with Crippen molar-refractivity contribution >= 4 is 11.7 Å². The second-order valence-electron chi connectivity index (χ2n) is 4.76. The van der Waals surface area contributed by atoms with Gasteiger partial charge in [0.15, 0.2) is 0 Å². The summed E-state index contributed by atoms with van der Waals surface area (Å²) < 4.78 is 5.39. The van der Waals surface area contributed by atoms with E-state index in [1.807, 2.05) is 0 Å². The van der Waals surface area contributed by atoms with Crippen LogP contribution in [0, 0.1) is 5.92 Å². The number of aliphatic imine (C=N–C) groups is 2. The molecule has 2 aliphatic heterocycles. The molecule has 0 radical (unpaired) electrons. The number of nitrogens with zero attached hydrogens (tertiary/aromatic N) is 2. The number of ether oxygens (including phenoxy) is 1. The first kappa shape index (κ1) is 14.2. The van der Waals surface area contributed by atoms with Crippen molar-refractivity contribution in [2.24, 2.45) is 15.9 Å². The number of rotatable bonds is 7. The van der Waals surface area contributed by atoms with E-state index in [2.05, 4.69) is 20.6 Å². The van der Waals surface area contributed by atoms with Crippen LogP contribution in [-0.4, -0.2) is 73.5 Å². The Balaban J connectivity index is 2.00. The SMILES string of the molecule is CC(CO)OCC(O)C(C1=NCCN1)C1=NCCN1. The van der Waals surface area contributed by atoms with Crippen molar-refractivity contribution < 1.29 is 14.9 Å². The first-order valence-electron chi connectivity index (χ1n) is 6.69. The highest BCUT2D eigenvalue weighted by molar-refractivity contribution is 6.07. The Hall–Kier alpha value is -1.18. The van der Waals surface area contributed by atoms with Gasteiger partial charge in [-0.1, -0.05) is 0 Å². The maximum Gasteiger partial charge on any atom is 0.110 e. The molecule has 0 amide bonds. The summed E-state index contributed by atoms with van der Waals surface area (Å²) in [6, 6.07) is 0. The van der Waals surface area contributed by atoms with Crippen molar-refractivity contribution in [2.75, 3.05) is 39.4 Å².